The molecular weight excluding hydrogens is 305 g/mol. The number of nitrogens with zero attached hydrogens (tertiary/aromatic N) is 1. The molecule has 124 valence electrons. The summed E-state index contributed by atoms with van der Waals surface area (Å²) in [5, 5.41) is 2.03. The normalized spacial score (nSPS) is 16.3. The van der Waals surface area contributed by atoms with Gasteiger partial charge in [0.25, 0.3) is 0 Å². The molecule has 2 aliphatic rings. The van der Waals surface area contributed by atoms with Crippen molar-refractivity contribution < 1.29 is 9.13 Å². The van der Waals surface area contributed by atoms with E-state index in [1.54, 1.807) is 19.4 Å². The zero-order chi connectivity index (χ0) is 16.8. The Hall–Kier alpha value is -2.69. The molecule has 0 unspecified atom stereocenters. The number of fused-ring (bicyclic) bond motifs is 1. The number of rotatable bonds is 3. The first-order valence-electron chi connectivity index (χ1n) is 8.09. The number of nitrogens with one attached hydrogen (secondary N) is 1. The Balaban J connectivity index is 2.01. The maximum atomic E-state index is 14.9. The maximum absolute atomic E-state index is 14.9. The van der Waals surface area contributed by atoms with Gasteiger partial charge in [0.2, 0.25) is 0 Å². The van der Waals surface area contributed by atoms with Crippen molar-refractivity contribution in [3.05, 3.63) is 53.5 Å². The number of hydrogen-bond donors (Lipinski definition) is 2. The highest BCUT2D eigenvalue weighted by Crippen LogP contribution is 2.45. The van der Waals surface area contributed by atoms with Crippen LogP contribution in [0.5, 0.6) is 5.75 Å². The predicted octanol–water partition coefficient (Wildman–Crippen LogP) is 3.55. The number of hydrazine groups is 1. The van der Waals surface area contributed by atoms with E-state index in [2.05, 4.69) is 5.43 Å². The van der Waals surface area contributed by atoms with E-state index in [1.165, 1.54) is 6.07 Å². The number of nitrogens with two attached hydrogens (primary N) is 1. The molecule has 24 heavy (non-hydrogen) atoms. The van der Waals surface area contributed by atoms with Crippen molar-refractivity contribution in [1.29, 1.82) is 0 Å². The third kappa shape index (κ3) is 2.28. The zero-order valence-electron chi connectivity index (χ0n) is 13.8. The fourth-order valence-corrected chi connectivity index (χ4v) is 3.23. The lowest BCUT2D eigenvalue weighted by atomic mass is 9.95. The Morgan fingerprint density at radius 2 is 2.00 bits per heavy atom. The summed E-state index contributed by atoms with van der Waals surface area (Å²) in [6.07, 6.45) is 3.94. The lowest BCUT2D eigenvalue weighted by molar-refractivity contribution is 0.416. The molecule has 0 amide bonds. The van der Waals surface area contributed by atoms with Gasteiger partial charge in [-0.15, -0.1) is 0 Å². The van der Waals surface area contributed by atoms with Crippen LogP contribution in [0.4, 0.5) is 10.1 Å². The number of ether oxygens (including phenoxy) is 1. The molecule has 0 saturated heterocycles. The molecule has 4 nitrogen and oxygen atoms in total. The van der Waals surface area contributed by atoms with Crippen molar-refractivity contribution in [2.75, 3.05) is 12.1 Å². The SMILES string of the molecule is COc1ccc(C)cc1-c1c(F)ccc2c1N(C1CC1)NC=C2N. The van der Waals surface area contributed by atoms with Crippen LogP contribution >= 0.6 is 0 Å². The second-order valence-corrected chi connectivity index (χ2v) is 6.35. The number of halogens is 1. The van der Waals surface area contributed by atoms with Crippen molar-refractivity contribution in [2.45, 2.75) is 25.8 Å². The van der Waals surface area contributed by atoms with Crippen LogP contribution in [-0.4, -0.2) is 13.2 Å². The van der Waals surface area contributed by atoms with Gasteiger partial charge in [0.15, 0.2) is 0 Å². The Bertz CT molecular complexity index is 843. The number of hydrogen-bond acceptors (Lipinski definition) is 4. The van der Waals surface area contributed by atoms with Crippen molar-refractivity contribution >= 4 is 11.4 Å². The second-order valence-electron chi connectivity index (χ2n) is 6.35. The molecular formula is C19H20FN3O. The predicted molar refractivity (Wildman–Crippen MR) is 93.9 cm³/mol. The first-order valence-corrected chi connectivity index (χ1v) is 8.09. The lowest BCUT2D eigenvalue weighted by Crippen LogP contribution is -2.40. The van der Waals surface area contributed by atoms with Crippen LogP contribution in [0, 0.1) is 12.7 Å². The molecule has 4 rings (SSSR count). The Kier molecular flexibility index (Phi) is 3.37. The summed E-state index contributed by atoms with van der Waals surface area (Å²) < 4.78 is 20.4. The Morgan fingerprint density at radius 3 is 2.71 bits per heavy atom. The van der Waals surface area contributed by atoms with E-state index in [-0.39, 0.29) is 5.82 Å². The molecule has 5 heteroatoms. The monoisotopic (exact) mass is 325 g/mol. The average molecular weight is 325 g/mol. The van der Waals surface area contributed by atoms with Crippen molar-refractivity contribution in [3.8, 4) is 16.9 Å². The zero-order valence-corrected chi connectivity index (χ0v) is 13.8. The second kappa shape index (κ2) is 5.44. The van der Waals surface area contributed by atoms with Crippen molar-refractivity contribution in [1.82, 2.24) is 5.43 Å². The van der Waals surface area contributed by atoms with Crippen LogP contribution < -0.4 is 20.9 Å². The van der Waals surface area contributed by atoms with Crippen LogP contribution in [0.1, 0.15) is 24.0 Å². The fourth-order valence-electron chi connectivity index (χ4n) is 3.23. The standard InChI is InChI=1S/C19H20FN3O/c1-11-3-8-17(24-2)14(9-11)18-15(20)7-6-13-16(21)10-22-23(19(13)18)12-4-5-12/h3,6-10,12,22H,4-5,21H2,1-2H3. The molecule has 2 aromatic rings. The van der Waals surface area contributed by atoms with Gasteiger partial charge in [-0.3, -0.25) is 5.01 Å². The number of aryl methyl sites for hydroxylation is 1. The maximum Gasteiger partial charge on any atom is 0.133 e. The van der Waals surface area contributed by atoms with Crippen LogP contribution in [0.3, 0.4) is 0 Å². The Morgan fingerprint density at radius 1 is 1.21 bits per heavy atom. The molecule has 3 N–H and O–H groups in total. The summed E-state index contributed by atoms with van der Waals surface area (Å²) in [6.45, 7) is 1.99. The Labute approximate surface area is 140 Å². The van der Waals surface area contributed by atoms with Gasteiger partial charge in [0.1, 0.15) is 11.6 Å². The number of anilines is 1. The molecule has 1 aliphatic heterocycles. The van der Waals surface area contributed by atoms with E-state index < -0.39 is 0 Å². The quantitative estimate of drug-likeness (QED) is 0.906. The van der Waals surface area contributed by atoms with Crippen LogP contribution in [0.25, 0.3) is 16.8 Å². The van der Waals surface area contributed by atoms with Gasteiger partial charge in [0, 0.05) is 22.9 Å². The molecule has 0 bridgehead atoms. The van der Waals surface area contributed by atoms with Crippen LogP contribution in [-0.2, 0) is 0 Å². The largest absolute Gasteiger partial charge is 0.496 e. The first-order chi connectivity index (χ1) is 11.6. The molecule has 1 heterocycles. The minimum absolute atomic E-state index is 0.278. The molecule has 2 aromatic carbocycles. The van der Waals surface area contributed by atoms with E-state index in [1.807, 2.05) is 30.1 Å². The van der Waals surface area contributed by atoms with Gasteiger partial charge in [0.05, 0.1) is 24.5 Å². The smallest absolute Gasteiger partial charge is 0.133 e. The molecule has 1 aliphatic carbocycles. The van der Waals surface area contributed by atoms with Crippen LogP contribution in [0.15, 0.2) is 36.5 Å². The summed E-state index contributed by atoms with van der Waals surface area (Å²) in [5.41, 5.74) is 13.9. The molecule has 0 atom stereocenters. The highest BCUT2D eigenvalue weighted by atomic mass is 19.1. The fraction of sp³-hybridized carbons (Fsp3) is 0.263. The topological polar surface area (TPSA) is 50.5 Å². The van der Waals surface area contributed by atoms with Gasteiger partial charge >= 0.3 is 0 Å². The molecule has 1 saturated carbocycles. The molecule has 0 spiro atoms. The summed E-state index contributed by atoms with van der Waals surface area (Å²) in [4.78, 5) is 0. The van der Waals surface area contributed by atoms with Crippen molar-refractivity contribution in [3.63, 3.8) is 0 Å². The van der Waals surface area contributed by atoms with E-state index in [4.69, 9.17) is 10.5 Å². The van der Waals surface area contributed by atoms with Gasteiger partial charge in [-0.05, 0) is 44.0 Å². The van der Waals surface area contributed by atoms with Crippen molar-refractivity contribution in [2.24, 2.45) is 5.73 Å². The summed E-state index contributed by atoms with van der Waals surface area (Å²) in [5.74, 6) is 0.372. The van der Waals surface area contributed by atoms with Gasteiger partial charge < -0.3 is 15.9 Å². The average Bonchev–Trinajstić information content (AvgIpc) is 3.40. The molecule has 1 fully saturated rings. The van der Waals surface area contributed by atoms with Gasteiger partial charge in [-0.2, -0.15) is 0 Å². The lowest BCUT2D eigenvalue weighted by Gasteiger charge is -2.33. The molecule has 0 radical (unpaired) electrons. The van der Waals surface area contributed by atoms with E-state index in [0.717, 1.165) is 35.2 Å². The minimum Gasteiger partial charge on any atom is -0.496 e. The molecule has 0 aromatic heterocycles. The number of benzene rings is 2. The third-order valence-electron chi connectivity index (χ3n) is 4.57. The highest BCUT2D eigenvalue weighted by Gasteiger charge is 2.35. The van der Waals surface area contributed by atoms with Gasteiger partial charge in [-0.1, -0.05) is 11.6 Å². The van der Waals surface area contributed by atoms with Crippen LogP contribution in [0.2, 0.25) is 0 Å². The van der Waals surface area contributed by atoms with E-state index >= 15 is 0 Å². The summed E-state index contributed by atoms with van der Waals surface area (Å²) >= 11 is 0. The third-order valence-corrected chi connectivity index (χ3v) is 4.57. The highest BCUT2D eigenvalue weighted by molar-refractivity contribution is 5.92. The van der Waals surface area contributed by atoms with E-state index in [9.17, 15) is 4.39 Å². The number of methoxy groups -OCH3 is 1. The van der Waals surface area contributed by atoms with E-state index in [0.29, 0.717) is 23.1 Å². The first kappa shape index (κ1) is 14.9. The minimum atomic E-state index is -0.278. The van der Waals surface area contributed by atoms with Gasteiger partial charge in [-0.25, -0.2) is 4.39 Å². The summed E-state index contributed by atoms with van der Waals surface area (Å²) in [6, 6.07) is 9.38. The summed E-state index contributed by atoms with van der Waals surface area (Å²) in [7, 11) is 1.60.